The lowest BCUT2D eigenvalue weighted by molar-refractivity contribution is -0.137. The van der Waals surface area contributed by atoms with Gasteiger partial charge in [0.05, 0.1) is 11.1 Å². The highest BCUT2D eigenvalue weighted by Gasteiger charge is 2.31. The Labute approximate surface area is 220 Å². The molecule has 0 saturated heterocycles. The summed E-state index contributed by atoms with van der Waals surface area (Å²) in [6.45, 7) is 2.54. The zero-order valence-electron chi connectivity index (χ0n) is 20.9. The van der Waals surface area contributed by atoms with Gasteiger partial charge in [-0.15, -0.1) is 0 Å². The van der Waals surface area contributed by atoms with Gasteiger partial charge in [0, 0.05) is 37.2 Å². The molecule has 3 aromatic rings. The minimum Gasteiger partial charge on any atom is -0.363 e. The molecule has 0 bridgehead atoms. The molecule has 0 aliphatic carbocycles. The van der Waals surface area contributed by atoms with Gasteiger partial charge in [-0.05, 0) is 66.9 Å². The van der Waals surface area contributed by atoms with Crippen LogP contribution in [0.25, 0.3) is 0 Å². The Morgan fingerprint density at radius 2 is 1.72 bits per heavy atom. The molecule has 0 atom stereocenters. The average Bonchev–Trinajstić information content (AvgIpc) is 3.29. The van der Waals surface area contributed by atoms with E-state index in [-0.39, 0.29) is 18.7 Å². The number of hydrogen-bond donors (Lipinski definition) is 2. The van der Waals surface area contributed by atoms with Crippen molar-refractivity contribution in [2.24, 2.45) is 0 Å². The molecule has 2 aromatic carbocycles. The number of nitrogens with one attached hydrogen (secondary N) is 2. The molecule has 2 amide bonds. The van der Waals surface area contributed by atoms with Crippen molar-refractivity contribution in [3.63, 3.8) is 0 Å². The van der Waals surface area contributed by atoms with Gasteiger partial charge in [0.2, 0.25) is 0 Å². The number of carbonyl (C=O) groups is 2. The largest absolute Gasteiger partial charge is 0.416 e. The Balaban J connectivity index is 1.50. The summed E-state index contributed by atoms with van der Waals surface area (Å²) in [4.78, 5) is 30.2. The van der Waals surface area contributed by atoms with Gasteiger partial charge >= 0.3 is 6.18 Å². The van der Waals surface area contributed by atoms with Gasteiger partial charge in [0.15, 0.2) is 5.67 Å². The van der Waals surface area contributed by atoms with Crippen molar-refractivity contribution >= 4 is 23.2 Å². The van der Waals surface area contributed by atoms with E-state index in [1.54, 1.807) is 29.2 Å². The molecule has 1 aromatic heterocycles. The van der Waals surface area contributed by atoms with Crippen LogP contribution >= 0.6 is 0 Å². The first kappa shape index (κ1) is 27.9. The third kappa shape index (κ3) is 6.50. The third-order valence-corrected chi connectivity index (χ3v) is 6.14. The number of nitrogens with zero attached hydrogens (tertiary/aromatic N) is 2. The molecule has 6 nitrogen and oxygen atoms in total. The van der Waals surface area contributed by atoms with Gasteiger partial charge in [-0.3, -0.25) is 14.6 Å². The molecule has 0 radical (unpaired) electrons. The number of benzene rings is 2. The minimum atomic E-state index is -4.47. The molecular formula is C27H24F6N4O2. The summed E-state index contributed by atoms with van der Waals surface area (Å²) in [7, 11) is 0. The first-order chi connectivity index (χ1) is 18.2. The van der Waals surface area contributed by atoms with E-state index < -0.39 is 46.9 Å². The predicted molar refractivity (Wildman–Crippen MR) is 132 cm³/mol. The number of amides is 2. The summed E-state index contributed by atoms with van der Waals surface area (Å²) < 4.78 is 80.3. The summed E-state index contributed by atoms with van der Waals surface area (Å²) in [5.41, 5.74) is -1.59. The number of pyridine rings is 1. The maximum atomic E-state index is 13.7. The summed E-state index contributed by atoms with van der Waals surface area (Å²) >= 11 is 0. The van der Waals surface area contributed by atoms with Crippen LogP contribution in [-0.4, -0.2) is 22.5 Å². The van der Waals surface area contributed by atoms with Gasteiger partial charge in [-0.2, -0.15) is 13.2 Å². The predicted octanol–water partition coefficient (Wildman–Crippen LogP) is 6.17. The zero-order chi connectivity index (χ0) is 28.5. The van der Waals surface area contributed by atoms with Crippen LogP contribution in [0.15, 0.2) is 54.7 Å². The van der Waals surface area contributed by atoms with Gasteiger partial charge in [0.25, 0.3) is 18.2 Å². The van der Waals surface area contributed by atoms with E-state index in [0.717, 1.165) is 49.4 Å². The molecule has 0 saturated carbocycles. The van der Waals surface area contributed by atoms with E-state index in [1.807, 2.05) is 0 Å². The van der Waals surface area contributed by atoms with Crippen LogP contribution in [0.3, 0.4) is 0 Å². The monoisotopic (exact) mass is 550 g/mol. The maximum absolute atomic E-state index is 13.7. The number of fused-ring (bicyclic) bond motifs is 1. The van der Waals surface area contributed by atoms with Gasteiger partial charge in [-0.25, -0.2) is 13.2 Å². The van der Waals surface area contributed by atoms with E-state index in [4.69, 9.17) is 0 Å². The number of alkyl halides is 6. The summed E-state index contributed by atoms with van der Waals surface area (Å²) in [6.07, 6.45) is -6.46. The highest BCUT2D eigenvalue weighted by atomic mass is 19.4. The Kier molecular flexibility index (Phi) is 7.58. The van der Waals surface area contributed by atoms with Crippen molar-refractivity contribution in [2.75, 3.05) is 10.2 Å². The van der Waals surface area contributed by atoms with Crippen LogP contribution < -0.4 is 15.5 Å². The van der Waals surface area contributed by atoms with E-state index in [2.05, 4.69) is 15.6 Å². The Hall–Kier alpha value is -4.09. The van der Waals surface area contributed by atoms with Crippen molar-refractivity contribution in [3.05, 3.63) is 88.2 Å². The van der Waals surface area contributed by atoms with Crippen molar-refractivity contribution in [1.82, 2.24) is 10.3 Å². The highest BCUT2D eigenvalue weighted by Crippen LogP contribution is 2.35. The standard InChI is InChI=1S/C27H24F6N4O2/c1-26(2,30)25(39)35-12-15-8-21(22(23(28)29)34-11-15)24(38)36-19-7-6-16-13-37(14-17(16)9-19)20-5-3-4-18(10-20)27(31,32)33/h3-11,23H,12-14H2,1-2H3,(H,35,39)(H,36,38). The van der Waals surface area contributed by atoms with Gasteiger partial charge in [-0.1, -0.05) is 12.1 Å². The second-order valence-electron chi connectivity index (χ2n) is 9.57. The van der Waals surface area contributed by atoms with Crippen LogP contribution in [-0.2, 0) is 30.6 Å². The molecule has 0 spiro atoms. The van der Waals surface area contributed by atoms with Crippen molar-refractivity contribution < 1.29 is 35.9 Å². The Bertz CT molecular complexity index is 1400. The lowest BCUT2D eigenvalue weighted by Gasteiger charge is -2.19. The fourth-order valence-electron chi connectivity index (χ4n) is 4.10. The number of aromatic nitrogens is 1. The SMILES string of the molecule is CC(C)(F)C(=O)NCc1cnc(C(F)F)c(C(=O)Nc2ccc3c(c2)CN(c2cccc(C(F)(F)F)c2)C3)c1. The van der Waals surface area contributed by atoms with E-state index in [0.29, 0.717) is 17.9 Å². The molecule has 39 heavy (non-hydrogen) atoms. The number of rotatable bonds is 7. The highest BCUT2D eigenvalue weighted by molar-refractivity contribution is 6.05. The fourth-order valence-corrected chi connectivity index (χ4v) is 4.10. The molecule has 1 aliphatic rings. The van der Waals surface area contributed by atoms with E-state index >= 15 is 0 Å². The normalized spacial score (nSPS) is 13.4. The summed E-state index contributed by atoms with van der Waals surface area (Å²) in [5.74, 6) is -1.78. The number of carbonyl (C=O) groups excluding carboxylic acids is 2. The number of halogens is 6. The molecule has 2 N–H and O–H groups in total. The molecule has 2 heterocycles. The molecule has 0 fully saturated rings. The summed E-state index contributed by atoms with van der Waals surface area (Å²) in [5, 5.41) is 4.88. The van der Waals surface area contributed by atoms with Crippen LogP contribution in [0.1, 0.15) is 58.6 Å². The van der Waals surface area contributed by atoms with Crippen LogP contribution in [0.2, 0.25) is 0 Å². The van der Waals surface area contributed by atoms with Crippen LogP contribution in [0.4, 0.5) is 37.7 Å². The average molecular weight is 551 g/mol. The Morgan fingerprint density at radius 1 is 1.00 bits per heavy atom. The zero-order valence-corrected chi connectivity index (χ0v) is 20.9. The van der Waals surface area contributed by atoms with Gasteiger partial charge in [0.1, 0.15) is 5.69 Å². The van der Waals surface area contributed by atoms with Crippen LogP contribution in [0, 0.1) is 0 Å². The molecule has 206 valence electrons. The third-order valence-electron chi connectivity index (χ3n) is 6.14. The van der Waals surface area contributed by atoms with Crippen molar-refractivity contribution in [2.45, 2.75) is 51.8 Å². The molecule has 0 unspecified atom stereocenters. The quantitative estimate of drug-likeness (QED) is 0.345. The second-order valence-corrected chi connectivity index (χ2v) is 9.57. The molecule has 4 rings (SSSR count). The van der Waals surface area contributed by atoms with Crippen molar-refractivity contribution in [1.29, 1.82) is 0 Å². The smallest absolute Gasteiger partial charge is 0.363 e. The molecule has 12 heteroatoms. The van der Waals surface area contributed by atoms with E-state index in [1.165, 1.54) is 6.07 Å². The van der Waals surface area contributed by atoms with E-state index in [9.17, 15) is 35.9 Å². The fraction of sp³-hybridized carbons (Fsp3) is 0.296. The number of hydrogen-bond acceptors (Lipinski definition) is 4. The lowest BCUT2D eigenvalue weighted by atomic mass is 10.1. The first-order valence-corrected chi connectivity index (χ1v) is 11.8. The molecule has 1 aliphatic heterocycles. The van der Waals surface area contributed by atoms with Gasteiger partial charge < -0.3 is 15.5 Å². The second kappa shape index (κ2) is 10.6. The lowest BCUT2D eigenvalue weighted by Crippen LogP contribution is -2.38. The Morgan fingerprint density at radius 3 is 2.38 bits per heavy atom. The first-order valence-electron chi connectivity index (χ1n) is 11.8. The number of anilines is 2. The van der Waals surface area contributed by atoms with Crippen LogP contribution in [0.5, 0.6) is 0 Å². The molecular weight excluding hydrogens is 526 g/mol. The minimum absolute atomic E-state index is 0.216. The topological polar surface area (TPSA) is 74.3 Å². The van der Waals surface area contributed by atoms with Crippen molar-refractivity contribution in [3.8, 4) is 0 Å². The maximum Gasteiger partial charge on any atom is 0.416 e. The summed E-state index contributed by atoms with van der Waals surface area (Å²) in [6, 6.07) is 11.0.